The molecule has 1 saturated heterocycles. The van der Waals surface area contributed by atoms with E-state index in [1.807, 2.05) is 50.5 Å². The topological polar surface area (TPSA) is 59.8 Å². The number of likely N-dealkylation sites (tertiary alicyclic amines) is 1. The van der Waals surface area contributed by atoms with Gasteiger partial charge in [0.15, 0.2) is 0 Å². The summed E-state index contributed by atoms with van der Waals surface area (Å²) in [6.45, 7) is 8.45. The van der Waals surface area contributed by atoms with Crippen molar-refractivity contribution in [1.82, 2.24) is 14.5 Å². The van der Waals surface area contributed by atoms with Crippen LogP contribution in [0.25, 0.3) is 0 Å². The Bertz CT molecular complexity index is 1100. The lowest BCUT2D eigenvalue weighted by Gasteiger charge is -2.27. The zero-order chi connectivity index (χ0) is 24.7. The second-order valence-electron chi connectivity index (χ2n) is 9.59. The minimum absolute atomic E-state index is 0.256. The van der Waals surface area contributed by atoms with Gasteiger partial charge >= 0.3 is 0 Å². The van der Waals surface area contributed by atoms with Gasteiger partial charge in [-0.05, 0) is 81.5 Å². The van der Waals surface area contributed by atoms with Crippen LogP contribution in [0.5, 0.6) is 11.5 Å². The molecule has 0 radical (unpaired) electrons. The van der Waals surface area contributed by atoms with Gasteiger partial charge in [0.05, 0.1) is 17.2 Å². The molecule has 0 amide bonds. The van der Waals surface area contributed by atoms with Crippen LogP contribution in [0, 0.1) is 13.8 Å². The van der Waals surface area contributed by atoms with E-state index in [1.165, 1.54) is 5.56 Å². The van der Waals surface area contributed by atoms with Gasteiger partial charge in [-0.15, -0.1) is 0 Å². The molecular formula is C28H36ClN3O3. The molecule has 188 valence electrons. The maximum Gasteiger partial charge on any atom is 0.138 e. The molecule has 1 aliphatic heterocycles. The van der Waals surface area contributed by atoms with Gasteiger partial charge in [-0.1, -0.05) is 29.8 Å². The van der Waals surface area contributed by atoms with Crippen molar-refractivity contribution in [3.8, 4) is 11.5 Å². The largest absolute Gasteiger partial charge is 0.494 e. The van der Waals surface area contributed by atoms with E-state index in [2.05, 4.69) is 32.7 Å². The van der Waals surface area contributed by atoms with Crippen molar-refractivity contribution in [3.63, 3.8) is 0 Å². The molecule has 6 nitrogen and oxygen atoms in total. The Hall–Kier alpha value is -2.54. The first-order valence-corrected chi connectivity index (χ1v) is 12.8. The first-order valence-electron chi connectivity index (χ1n) is 12.4. The van der Waals surface area contributed by atoms with Crippen LogP contribution in [0.1, 0.15) is 42.6 Å². The fraction of sp³-hybridized carbons (Fsp3) is 0.464. The highest BCUT2D eigenvalue weighted by molar-refractivity contribution is 6.32. The molecule has 0 unspecified atom stereocenters. The molecule has 1 N–H and O–H groups in total. The molecule has 4 rings (SSSR count). The summed E-state index contributed by atoms with van der Waals surface area (Å²) >= 11 is 6.26. The lowest BCUT2D eigenvalue weighted by molar-refractivity contribution is -0.0168. The molecule has 35 heavy (non-hydrogen) atoms. The molecule has 2 aromatic carbocycles. The van der Waals surface area contributed by atoms with Gasteiger partial charge in [-0.3, -0.25) is 4.90 Å². The monoisotopic (exact) mass is 497 g/mol. The van der Waals surface area contributed by atoms with Crippen LogP contribution in [-0.2, 0) is 13.1 Å². The minimum Gasteiger partial charge on any atom is -0.494 e. The second kappa shape index (κ2) is 11.9. The summed E-state index contributed by atoms with van der Waals surface area (Å²) in [7, 11) is 0. The molecule has 1 aliphatic rings. The number of imidazole rings is 1. The summed E-state index contributed by atoms with van der Waals surface area (Å²) in [5.41, 5.74) is 1.46. The highest BCUT2D eigenvalue weighted by atomic mass is 35.5. The molecule has 1 aromatic heterocycles. The lowest BCUT2D eigenvalue weighted by atomic mass is 9.96. The van der Waals surface area contributed by atoms with E-state index in [1.54, 1.807) is 0 Å². The van der Waals surface area contributed by atoms with Crippen LogP contribution < -0.4 is 9.47 Å². The fourth-order valence-electron chi connectivity index (χ4n) is 4.53. The number of aliphatic hydroxyl groups is 1. The van der Waals surface area contributed by atoms with Crippen LogP contribution in [0.3, 0.4) is 0 Å². The third kappa shape index (κ3) is 7.47. The normalized spacial score (nSPS) is 18.9. The number of nitrogens with zero attached hydrogens (tertiary/aromatic N) is 3. The Kier molecular flexibility index (Phi) is 8.71. The van der Waals surface area contributed by atoms with Crippen molar-refractivity contribution in [1.29, 1.82) is 0 Å². The van der Waals surface area contributed by atoms with Crippen molar-refractivity contribution in [2.45, 2.75) is 58.2 Å². The highest BCUT2D eigenvalue weighted by Crippen LogP contribution is 2.29. The van der Waals surface area contributed by atoms with E-state index >= 15 is 0 Å². The van der Waals surface area contributed by atoms with Gasteiger partial charge in [-0.25, -0.2) is 4.98 Å². The standard InChI is InChI=1S/C28H36ClN3O3/c1-22-8-9-26(29)27(18-22)35-21-28(33)10-4-13-31(15-11-28)20-24-6-3-7-25(19-24)34-17-5-14-32-16-12-30-23(32)2/h3,6-9,12,16,18-19,33H,4-5,10-11,13-15,17,20-21H2,1-2H3/t28-/m1/s1. The first kappa shape index (κ1) is 25.5. The van der Waals surface area contributed by atoms with E-state index in [9.17, 15) is 5.11 Å². The lowest BCUT2D eigenvalue weighted by Crippen LogP contribution is -2.37. The van der Waals surface area contributed by atoms with Crippen LogP contribution in [0.4, 0.5) is 0 Å². The summed E-state index contributed by atoms with van der Waals surface area (Å²) in [5.74, 6) is 2.57. The average molecular weight is 498 g/mol. The van der Waals surface area contributed by atoms with Gasteiger partial charge in [0.25, 0.3) is 0 Å². The van der Waals surface area contributed by atoms with Crippen molar-refractivity contribution < 1.29 is 14.6 Å². The van der Waals surface area contributed by atoms with E-state index in [0.717, 1.165) is 56.2 Å². The van der Waals surface area contributed by atoms with Gasteiger partial charge in [0.1, 0.15) is 23.9 Å². The second-order valence-corrected chi connectivity index (χ2v) is 10.0. The number of halogens is 1. The molecule has 2 heterocycles. The zero-order valence-corrected chi connectivity index (χ0v) is 21.5. The summed E-state index contributed by atoms with van der Waals surface area (Å²) in [5, 5.41) is 11.8. The number of rotatable bonds is 10. The molecule has 7 heteroatoms. The van der Waals surface area contributed by atoms with E-state index < -0.39 is 5.60 Å². The summed E-state index contributed by atoms with van der Waals surface area (Å²) < 4.78 is 14.1. The van der Waals surface area contributed by atoms with Crippen LogP contribution in [-0.4, -0.2) is 51.5 Å². The quantitative estimate of drug-likeness (QED) is 0.379. The molecule has 1 fully saturated rings. The number of aryl methyl sites for hydroxylation is 3. The first-order chi connectivity index (χ1) is 16.9. The summed E-state index contributed by atoms with van der Waals surface area (Å²) in [4.78, 5) is 6.66. The fourth-order valence-corrected chi connectivity index (χ4v) is 4.70. The van der Waals surface area contributed by atoms with Crippen molar-refractivity contribution in [2.75, 3.05) is 26.3 Å². The molecule has 3 aromatic rings. The third-order valence-corrected chi connectivity index (χ3v) is 6.95. The molecule has 0 spiro atoms. The molecule has 1 atom stereocenters. The average Bonchev–Trinajstić information content (AvgIpc) is 3.16. The highest BCUT2D eigenvalue weighted by Gasteiger charge is 2.31. The Balaban J connectivity index is 1.24. The predicted octanol–water partition coefficient (Wildman–Crippen LogP) is 5.42. The third-order valence-electron chi connectivity index (χ3n) is 6.63. The Morgan fingerprint density at radius 1 is 1.09 bits per heavy atom. The van der Waals surface area contributed by atoms with Crippen molar-refractivity contribution >= 4 is 11.6 Å². The van der Waals surface area contributed by atoms with Gasteiger partial charge in [0, 0.05) is 32.0 Å². The number of benzene rings is 2. The zero-order valence-electron chi connectivity index (χ0n) is 20.8. The van der Waals surface area contributed by atoms with Crippen molar-refractivity contribution in [2.24, 2.45) is 0 Å². The maximum atomic E-state index is 11.2. The Labute approximate surface area is 213 Å². The molecule has 0 aliphatic carbocycles. The molecule has 0 bridgehead atoms. The Morgan fingerprint density at radius 2 is 1.97 bits per heavy atom. The summed E-state index contributed by atoms with van der Waals surface area (Å²) in [6, 6.07) is 14.0. The SMILES string of the molecule is Cc1ccc(Cl)c(OC[C@@]2(O)CCCN(Cc3cccc(OCCCn4ccnc4C)c3)CC2)c1. The molecular weight excluding hydrogens is 462 g/mol. The number of hydrogen-bond acceptors (Lipinski definition) is 5. The van der Waals surface area contributed by atoms with E-state index in [-0.39, 0.29) is 6.61 Å². The predicted molar refractivity (Wildman–Crippen MR) is 139 cm³/mol. The molecule has 0 saturated carbocycles. The smallest absolute Gasteiger partial charge is 0.138 e. The number of aromatic nitrogens is 2. The number of hydrogen-bond donors (Lipinski definition) is 1. The van der Waals surface area contributed by atoms with Gasteiger partial charge < -0.3 is 19.1 Å². The van der Waals surface area contributed by atoms with Crippen LogP contribution in [0.2, 0.25) is 5.02 Å². The van der Waals surface area contributed by atoms with Gasteiger partial charge in [0.2, 0.25) is 0 Å². The maximum absolute atomic E-state index is 11.2. The van der Waals surface area contributed by atoms with Crippen LogP contribution in [0.15, 0.2) is 54.9 Å². The summed E-state index contributed by atoms with van der Waals surface area (Å²) in [6.07, 6.45) is 7.07. The number of ether oxygens (including phenoxy) is 2. The van der Waals surface area contributed by atoms with Crippen molar-refractivity contribution in [3.05, 3.63) is 76.8 Å². The van der Waals surface area contributed by atoms with E-state index in [0.29, 0.717) is 30.2 Å². The minimum atomic E-state index is -0.847. The van der Waals surface area contributed by atoms with E-state index in [4.69, 9.17) is 21.1 Å². The van der Waals surface area contributed by atoms with Gasteiger partial charge in [-0.2, -0.15) is 0 Å². The Morgan fingerprint density at radius 3 is 2.80 bits per heavy atom. The van der Waals surface area contributed by atoms with Crippen LogP contribution >= 0.6 is 11.6 Å².